The maximum atomic E-state index is 13.5. The topological polar surface area (TPSA) is 73.9 Å². The number of esters is 1. The quantitative estimate of drug-likeness (QED) is 0.541. The van der Waals surface area contributed by atoms with Gasteiger partial charge in [-0.05, 0) is 76.6 Å². The summed E-state index contributed by atoms with van der Waals surface area (Å²) < 4.78 is 31.0. The lowest BCUT2D eigenvalue weighted by molar-refractivity contribution is -0.156. The molecule has 7 heteroatoms. The molecule has 4 atom stereocenters. The number of rotatable bonds is 6. The Labute approximate surface area is 207 Å². The van der Waals surface area contributed by atoms with Crippen LogP contribution in [0.1, 0.15) is 58.1 Å². The van der Waals surface area contributed by atoms with E-state index < -0.39 is 29.8 Å². The molecule has 0 bridgehead atoms. The number of halogens is 1. The van der Waals surface area contributed by atoms with Crippen molar-refractivity contribution in [2.45, 2.75) is 83.8 Å². The second kappa shape index (κ2) is 12.2. The smallest absolute Gasteiger partial charge is 0.408 e. The first-order chi connectivity index (χ1) is 16.6. The van der Waals surface area contributed by atoms with Crippen molar-refractivity contribution in [2.75, 3.05) is 0 Å². The van der Waals surface area contributed by atoms with Crippen molar-refractivity contribution in [3.8, 4) is 0 Å². The summed E-state index contributed by atoms with van der Waals surface area (Å²) in [4.78, 5) is 25.3. The first kappa shape index (κ1) is 26.7. The monoisotopic (exact) mass is 485 g/mol. The Bertz CT molecular complexity index is 958. The van der Waals surface area contributed by atoms with E-state index in [2.05, 4.69) is 5.32 Å². The van der Waals surface area contributed by atoms with E-state index in [1.807, 2.05) is 37.3 Å². The van der Waals surface area contributed by atoms with Gasteiger partial charge in [-0.25, -0.2) is 14.0 Å². The number of amides is 1. The van der Waals surface area contributed by atoms with Gasteiger partial charge in [0, 0.05) is 5.92 Å². The fourth-order valence-electron chi connectivity index (χ4n) is 4.27. The average Bonchev–Trinajstić information content (AvgIpc) is 2.84. The highest BCUT2D eigenvalue weighted by molar-refractivity contribution is 5.81. The zero-order chi connectivity index (χ0) is 25.4. The maximum absolute atomic E-state index is 13.5. The molecule has 2 aromatic carbocycles. The predicted octanol–water partition coefficient (Wildman–Crippen LogP) is 5.58. The average molecular weight is 486 g/mol. The third-order valence-electron chi connectivity index (χ3n) is 6.03. The van der Waals surface area contributed by atoms with E-state index in [4.69, 9.17) is 14.2 Å². The van der Waals surface area contributed by atoms with Crippen LogP contribution in [0.4, 0.5) is 9.18 Å². The van der Waals surface area contributed by atoms with E-state index in [1.165, 1.54) is 12.1 Å². The molecule has 1 amide bonds. The van der Waals surface area contributed by atoms with Crippen LogP contribution in [-0.2, 0) is 32.0 Å². The van der Waals surface area contributed by atoms with Gasteiger partial charge in [0.25, 0.3) is 0 Å². The van der Waals surface area contributed by atoms with E-state index in [0.717, 1.165) is 11.1 Å². The summed E-state index contributed by atoms with van der Waals surface area (Å²) in [5, 5.41) is 2.67. The van der Waals surface area contributed by atoms with Crippen molar-refractivity contribution in [3.05, 3.63) is 71.5 Å². The maximum Gasteiger partial charge on any atom is 0.408 e. The number of hydrogen-bond acceptors (Lipinski definition) is 5. The minimum Gasteiger partial charge on any atom is -0.461 e. The molecule has 1 fully saturated rings. The zero-order valence-electron chi connectivity index (χ0n) is 21.0. The summed E-state index contributed by atoms with van der Waals surface area (Å²) in [6.45, 7) is 7.59. The van der Waals surface area contributed by atoms with Gasteiger partial charge in [-0.2, -0.15) is 0 Å². The minimum atomic E-state index is -0.799. The van der Waals surface area contributed by atoms with Crippen LogP contribution in [0.15, 0.2) is 54.6 Å². The molecule has 1 N–H and O–H groups in total. The van der Waals surface area contributed by atoms with Crippen molar-refractivity contribution in [2.24, 2.45) is 5.92 Å². The molecule has 1 aliphatic rings. The largest absolute Gasteiger partial charge is 0.461 e. The molecule has 4 unspecified atom stereocenters. The number of carbonyl (C=O) groups excluding carboxylic acids is 2. The van der Waals surface area contributed by atoms with Crippen molar-refractivity contribution in [1.82, 2.24) is 5.32 Å². The molecule has 2 aromatic rings. The highest BCUT2D eigenvalue weighted by Crippen LogP contribution is 2.28. The summed E-state index contributed by atoms with van der Waals surface area (Å²) in [6.07, 6.45) is 1.01. The Morgan fingerprint density at radius 1 is 1.06 bits per heavy atom. The Kier molecular flexibility index (Phi) is 9.26. The molecule has 0 radical (unpaired) electrons. The van der Waals surface area contributed by atoms with Gasteiger partial charge in [0.05, 0.1) is 12.7 Å². The zero-order valence-corrected chi connectivity index (χ0v) is 21.0. The summed E-state index contributed by atoms with van der Waals surface area (Å²) in [5.41, 5.74) is 1.33. The molecule has 0 aliphatic carbocycles. The Morgan fingerprint density at radius 3 is 2.40 bits per heavy atom. The number of ether oxygens (including phenoxy) is 3. The first-order valence-corrected chi connectivity index (χ1v) is 12.2. The van der Waals surface area contributed by atoms with Gasteiger partial charge in [0.1, 0.15) is 23.6 Å². The van der Waals surface area contributed by atoms with Crippen molar-refractivity contribution in [3.63, 3.8) is 0 Å². The van der Waals surface area contributed by atoms with E-state index in [1.54, 1.807) is 32.9 Å². The molecule has 1 heterocycles. The van der Waals surface area contributed by atoms with Gasteiger partial charge < -0.3 is 19.5 Å². The fraction of sp³-hybridized carbons (Fsp3) is 0.500. The summed E-state index contributed by atoms with van der Waals surface area (Å²) >= 11 is 0. The van der Waals surface area contributed by atoms with Crippen molar-refractivity contribution in [1.29, 1.82) is 0 Å². The number of carbonyl (C=O) groups is 2. The third-order valence-corrected chi connectivity index (χ3v) is 6.03. The molecular formula is C28H36FNO5. The number of hydrogen-bond donors (Lipinski definition) is 1. The number of benzene rings is 2. The minimum absolute atomic E-state index is 0.145. The molecule has 6 nitrogen and oxygen atoms in total. The highest BCUT2D eigenvalue weighted by atomic mass is 19.1. The van der Waals surface area contributed by atoms with E-state index in [-0.39, 0.29) is 17.8 Å². The molecule has 1 aliphatic heterocycles. The van der Waals surface area contributed by atoms with Crippen molar-refractivity contribution < 1.29 is 28.2 Å². The standard InChI is InChI=1S/C28H36FNO5/c1-19-23(17-20-13-15-22(29)16-14-20)25(33-18-21-9-6-5-7-10-21)12-8-11-24(26(31)34-19)30-27(32)35-28(2,3)4/h5-7,9-10,13-16,19,23-25H,8,11-12,17-18H2,1-4H3,(H,30,32). The van der Waals surface area contributed by atoms with E-state index in [0.29, 0.717) is 32.3 Å². The molecule has 0 spiro atoms. The highest BCUT2D eigenvalue weighted by Gasteiger charge is 2.35. The lowest BCUT2D eigenvalue weighted by Gasteiger charge is -2.31. The molecule has 1 saturated heterocycles. The van der Waals surface area contributed by atoms with Crippen molar-refractivity contribution >= 4 is 12.1 Å². The van der Waals surface area contributed by atoms with Crippen LogP contribution < -0.4 is 5.32 Å². The number of cyclic esters (lactones) is 1. The predicted molar refractivity (Wildman–Crippen MR) is 131 cm³/mol. The van der Waals surface area contributed by atoms with Gasteiger partial charge in [-0.3, -0.25) is 0 Å². The molecular weight excluding hydrogens is 449 g/mol. The van der Waals surface area contributed by atoms with Crippen LogP contribution in [0.5, 0.6) is 0 Å². The van der Waals surface area contributed by atoms with Gasteiger partial charge in [0.15, 0.2) is 0 Å². The summed E-state index contributed by atoms with van der Waals surface area (Å²) in [6, 6.07) is 15.5. The summed E-state index contributed by atoms with van der Waals surface area (Å²) in [7, 11) is 0. The van der Waals surface area contributed by atoms with Crippen LogP contribution >= 0.6 is 0 Å². The van der Waals surface area contributed by atoms with Crippen LogP contribution in [0, 0.1) is 11.7 Å². The molecule has 0 saturated carbocycles. The van der Waals surface area contributed by atoms with Gasteiger partial charge >= 0.3 is 12.1 Å². The second-order valence-corrected chi connectivity index (χ2v) is 10.1. The SMILES string of the molecule is CC1OC(=O)C(NC(=O)OC(C)(C)C)CCCC(OCc2ccccc2)C1Cc1ccc(F)cc1. The number of nitrogens with one attached hydrogen (secondary N) is 1. The lowest BCUT2D eigenvalue weighted by atomic mass is 9.87. The lowest BCUT2D eigenvalue weighted by Crippen LogP contribution is -2.45. The third kappa shape index (κ3) is 8.66. The Hall–Kier alpha value is -2.93. The normalized spacial score (nSPS) is 23.4. The second-order valence-electron chi connectivity index (χ2n) is 10.1. The van der Waals surface area contributed by atoms with E-state index >= 15 is 0 Å². The fourth-order valence-corrected chi connectivity index (χ4v) is 4.27. The van der Waals surface area contributed by atoms with Crippen LogP contribution in [0.25, 0.3) is 0 Å². The molecule has 0 aromatic heterocycles. The van der Waals surface area contributed by atoms with Crippen LogP contribution in [0.3, 0.4) is 0 Å². The first-order valence-electron chi connectivity index (χ1n) is 12.2. The van der Waals surface area contributed by atoms with Crippen LogP contribution in [-0.4, -0.2) is 35.9 Å². The molecule has 3 rings (SSSR count). The van der Waals surface area contributed by atoms with Gasteiger partial charge in [-0.15, -0.1) is 0 Å². The van der Waals surface area contributed by atoms with Crippen LogP contribution in [0.2, 0.25) is 0 Å². The van der Waals surface area contributed by atoms with Gasteiger partial charge in [0.2, 0.25) is 0 Å². The Morgan fingerprint density at radius 2 is 1.74 bits per heavy atom. The summed E-state index contributed by atoms with van der Waals surface area (Å²) in [5.74, 6) is -0.930. The Balaban J connectivity index is 1.77. The molecule has 35 heavy (non-hydrogen) atoms. The number of alkyl carbamates (subject to hydrolysis) is 1. The van der Waals surface area contributed by atoms with Gasteiger partial charge in [-0.1, -0.05) is 42.5 Å². The molecule has 190 valence electrons. The van der Waals surface area contributed by atoms with E-state index in [9.17, 15) is 14.0 Å².